The average molecular weight is 319 g/mol. The molecule has 8 heteroatoms. The molecule has 3 N–H and O–H groups in total. The second kappa shape index (κ2) is 5.78. The van der Waals surface area contributed by atoms with Gasteiger partial charge in [0.1, 0.15) is 0 Å². The number of rotatable bonds is 4. The van der Waals surface area contributed by atoms with Gasteiger partial charge in [-0.15, -0.1) is 0 Å². The number of hydrogen-bond acceptors (Lipinski definition) is 6. The SMILES string of the molecule is COC(=O)C[C@@H](N)c1cc(Br)cc([N+](=O)[O-])c1O. The van der Waals surface area contributed by atoms with Crippen LogP contribution < -0.4 is 5.73 Å². The first-order valence-electron chi connectivity index (χ1n) is 4.86. The molecule has 1 aromatic rings. The number of nitrogens with two attached hydrogens (primary N) is 1. The van der Waals surface area contributed by atoms with Gasteiger partial charge in [0.15, 0.2) is 5.75 Å². The Balaban J connectivity index is 3.16. The van der Waals surface area contributed by atoms with Crippen molar-refractivity contribution in [3.63, 3.8) is 0 Å². The van der Waals surface area contributed by atoms with Gasteiger partial charge in [0.05, 0.1) is 18.5 Å². The number of nitrogens with zero attached hydrogens (tertiary/aromatic N) is 1. The fraction of sp³-hybridized carbons (Fsp3) is 0.300. The summed E-state index contributed by atoms with van der Waals surface area (Å²) in [7, 11) is 1.21. The molecule has 0 fully saturated rings. The molecular weight excluding hydrogens is 308 g/mol. The third kappa shape index (κ3) is 3.17. The number of phenolic OH excluding ortho intramolecular Hbond substituents is 1. The highest BCUT2D eigenvalue weighted by molar-refractivity contribution is 9.10. The van der Waals surface area contributed by atoms with E-state index in [9.17, 15) is 20.0 Å². The molecule has 0 saturated carbocycles. The van der Waals surface area contributed by atoms with Gasteiger partial charge in [-0.3, -0.25) is 14.9 Å². The first-order valence-corrected chi connectivity index (χ1v) is 5.65. The lowest BCUT2D eigenvalue weighted by atomic mass is 10.0. The van der Waals surface area contributed by atoms with E-state index >= 15 is 0 Å². The fourth-order valence-electron chi connectivity index (χ4n) is 1.40. The molecule has 0 aliphatic carbocycles. The van der Waals surface area contributed by atoms with Gasteiger partial charge >= 0.3 is 11.7 Å². The molecule has 0 heterocycles. The maximum Gasteiger partial charge on any atom is 0.312 e. The van der Waals surface area contributed by atoms with Gasteiger partial charge in [0.2, 0.25) is 0 Å². The molecular formula is C10H11BrN2O5. The summed E-state index contributed by atoms with van der Waals surface area (Å²) in [5.41, 5.74) is 5.35. The number of esters is 1. The van der Waals surface area contributed by atoms with E-state index in [1.807, 2.05) is 0 Å². The van der Waals surface area contributed by atoms with Crippen LogP contribution in [0.2, 0.25) is 0 Å². The molecule has 7 nitrogen and oxygen atoms in total. The average Bonchev–Trinajstić information content (AvgIpc) is 2.30. The number of carbonyl (C=O) groups is 1. The highest BCUT2D eigenvalue weighted by Gasteiger charge is 2.23. The molecule has 1 rings (SSSR count). The van der Waals surface area contributed by atoms with Crippen molar-refractivity contribution in [3.8, 4) is 5.75 Å². The maximum atomic E-state index is 11.1. The minimum Gasteiger partial charge on any atom is -0.502 e. The van der Waals surface area contributed by atoms with Crippen LogP contribution in [0.4, 0.5) is 5.69 Å². The number of carbonyl (C=O) groups excluding carboxylic acids is 1. The largest absolute Gasteiger partial charge is 0.502 e. The topological polar surface area (TPSA) is 116 Å². The van der Waals surface area contributed by atoms with E-state index in [2.05, 4.69) is 20.7 Å². The number of hydrogen-bond donors (Lipinski definition) is 2. The Kier molecular flexibility index (Phi) is 4.62. The van der Waals surface area contributed by atoms with Gasteiger partial charge < -0.3 is 15.6 Å². The summed E-state index contributed by atoms with van der Waals surface area (Å²) in [4.78, 5) is 21.1. The van der Waals surface area contributed by atoms with Crippen molar-refractivity contribution < 1.29 is 19.6 Å². The molecule has 1 atom stereocenters. The van der Waals surface area contributed by atoms with Crippen LogP contribution in [0.1, 0.15) is 18.0 Å². The second-order valence-electron chi connectivity index (χ2n) is 3.51. The zero-order valence-electron chi connectivity index (χ0n) is 9.42. The zero-order chi connectivity index (χ0) is 13.9. The molecule has 0 amide bonds. The van der Waals surface area contributed by atoms with Crippen LogP contribution >= 0.6 is 15.9 Å². The van der Waals surface area contributed by atoms with Crippen LogP contribution in [0, 0.1) is 10.1 Å². The quantitative estimate of drug-likeness (QED) is 0.495. The Morgan fingerprint density at radius 3 is 2.78 bits per heavy atom. The van der Waals surface area contributed by atoms with E-state index in [1.165, 1.54) is 13.2 Å². The number of benzene rings is 1. The second-order valence-corrected chi connectivity index (χ2v) is 4.42. The molecule has 0 unspecified atom stereocenters. The van der Waals surface area contributed by atoms with Crippen LogP contribution in [-0.4, -0.2) is 23.1 Å². The van der Waals surface area contributed by atoms with Crippen molar-refractivity contribution in [2.24, 2.45) is 5.73 Å². The molecule has 0 aliphatic rings. The van der Waals surface area contributed by atoms with Crippen LogP contribution in [0.15, 0.2) is 16.6 Å². The summed E-state index contributed by atoms with van der Waals surface area (Å²) in [5, 5.41) is 20.5. The van der Waals surface area contributed by atoms with E-state index < -0.39 is 28.4 Å². The Bertz CT molecular complexity index is 491. The van der Waals surface area contributed by atoms with Crippen molar-refractivity contribution in [1.29, 1.82) is 0 Å². The lowest BCUT2D eigenvalue weighted by molar-refractivity contribution is -0.386. The summed E-state index contributed by atoms with van der Waals surface area (Å²) < 4.78 is 4.84. The monoisotopic (exact) mass is 318 g/mol. The Morgan fingerprint density at radius 2 is 2.28 bits per heavy atom. The van der Waals surface area contributed by atoms with Crippen molar-refractivity contribution in [1.82, 2.24) is 0 Å². The standard InChI is InChI=1S/C10H11BrN2O5/c1-18-9(14)4-7(12)6-2-5(11)3-8(10(6)15)13(16)17/h2-3,7,15H,4,12H2,1H3/t7-/m1/s1. The summed E-state index contributed by atoms with van der Waals surface area (Å²) in [6.07, 6.45) is -0.183. The zero-order valence-corrected chi connectivity index (χ0v) is 11.0. The molecule has 0 aliphatic heterocycles. The van der Waals surface area contributed by atoms with Gasteiger partial charge in [0.25, 0.3) is 0 Å². The van der Waals surface area contributed by atoms with Gasteiger partial charge in [0, 0.05) is 22.1 Å². The first kappa shape index (κ1) is 14.4. The number of methoxy groups -OCH3 is 1. The summed E-state index contributed by atoms with van der Waals surface area (Å²) in [6, 6.07) is 1.70. The predicted octanol–water partition coefficient (Wildman–Crippen LogP) is 1.63. The number of halogens is 1. The van der Waals surface area contributed by atoms with E-state index in [0.717, 1.165) is 6.07 Å². The van der Waals surface area contributed by atoms with Crippen LogP contribution in [0.3, 0.4) is 0 Å². The van der Waals surface area contributed by atoms with Crippen molar-refractivity contribution in [2.75, 3.05) is 7.11 Å². The van der Waals surface area contributed by atoms with Gasteiger partial charge in [-0.2, -0.15) is 0 Å². The summed E-state index contributed by atoms with van der Waals surface area (Å²) in [6.45, 7) is 0. The molecule has 0 spiro atoms. The predicted molar refractivity (Wildman–Crippen MR) is 66.0 cm³/mol. The normalized spacial score (nSPS) is 11.9. The van der Waals surface area contributed by atoms with E-state index in [4.69, 9.17) is 5.73 Å². The number of aromatic hydroxyl groups is 1. The third-order valence-corrected chi connectivity index (χ3v) is 2.75. The van der Waals surface area contributed by atoms with Gasteiger partial charge in [-0.05, 0) is 6.07 Å². The van der Waals surface area contributed by atoms with Crippen molar-refractivity contribution in [2.45, 2.75) is 12.5 Å². The maximum absolute atomic E-state index is 11.1. The third-order valence-electron chi connectivity index (χ3n) is 2.29. The Morgan fingerprint density at radius 1 is 1.67 bits per heavy atom. The van der Waals surface area contributed by atoms with Gasteiger partial charge in [-0.25, -0.2) is 0 Å². The van der Waals surface area contributed by atoms with Crippen molar-refractivity contribution in [3.05, 3.63) is 32.3 Å². The highest BCUT2D eigenvalue weighted by Crippen LogP contribution is 2.36. The smallest absolute Gasteiger partial charge is 0.312 e. The van der Waals surface area contributed by atoms with E-state index in [0.29, 0.717) is 4.47 Å². The van der Waals surface area contributed by atoms with E-state index in [-0.39, 0.29) is 12.0 Å². The molecule has 0 saturated heterocycles. The van der Waals surface area contributed by atoms with Crippen LogP contribution in [-0.2, 0) is 9.53 Å². The minimum absolute atomic E-state index is 0.112. The number of phenols is 1. The van der Waals surface area contributed by atoms with Crippen LogP contribution in [0.25, 0.3) is 0 Å². The van der Waals surface area contributed by atoms with E-state index in [1.54, 1.807) is 0 Å². The Labute approximate surface area is 111 Å². The lowest BCUT2D eigenvalue weighted by Gasteiger charge is -2.12. The summed E-state index contributed by atoms with van der Waals surface area (Å²) >= 11 is 3.08. The fourth-order valence-corrected chi connectivity index (χ4v) is 1.86. The molecule has 0 aromatic heterocycles. The minimum atomic E-state index is -0.881. The molecule has 18 heavy (non-hydrogen) atoms. The number of nitro benzene ring substituents is 1. The first-order chi connectivity index (χ1) is 8.36. The summed E-state index contributed by atoms with van der Waals surface area (Å²) in [5.74, 6) is -1.11. The van der Waals surface area contributed by atoms with Crippen LogP contribution in [0.5, 0.6) is 5.75 Å². The molecule has 98 valence electrons. The Hall–Kier alpha value is -1.67. The van der Waals surface area contributed by atoms with Gasteiger partial charge in [-0.1, -0.05) is 15.9 Å². The lowest BCUT2D eigenvalue weighted by Crippen LogP contribution is -2.16. The molecule has 0 bridgehead atoms. The highest BCUT2D eigenvalue weighted by atomic mass is 79.9. The number of ether oxygens (including phenoxy) is 1. The molecule has 1 aromatic carbocycles. The number of nitro groups is 1. The van der Waals surface area contributed by atoms with Crippen molar-refractivity contribution >= 4 is 27.6 Å². The molecule has 0 radical (unpaired) electrons.